The van der Waals surface area contributed by atoms with E-state index in [0.29, 0.717) is 18.6 Å². The van der Waals surface area contributed by atoms with Crippen molar-refractivity contribution in [2.24, 2.45) is 5.92 Å². The Balaban J connectivity index is 1.64. The zero-order valence-corrected chi connectivity index (χ0v) is 14.3. The minimum atomic E-state index is 0.309. The second kappa shape index (κ2) is 7.73. The van der Waals surface area contributed by atoms with Crippen LogP contribution in [0.15, 0.2) is 11.6 Å². The second-order valence-corrected chi connectivity index (χ2v) is 7.45. The number of aromatic nitrogens is 1. The quantitative estimate of drug-likeness (QED) is 0.886. The zero-order chi connectivity index (χ0) is 15.4. The number of hydrogen-bond acceptors (Lipinski definition) is 6. The number of rotatable bonds is 5. The first kappa shape index (κ1) is 16.2. The summed E-state index contributed by atoms with van der Waals surface area (Å²) in [5.74, 6) is 0.646. The maximum atomic E-state index is 9.23. The van der Waals surface area contributed by atoms with Crippen LogP contribution in [0.5, 0.6) is 0 Å². The van der Waals surface area contributed by atoms with Gasteiger partial charge in [-0.25, -0.2) is 4.98 Å². The van der Waals surface area contributed by atoms with Crippen molar-refractivity contribution in [3.05, 3.63) is 11.6 Å². The fourth-order valence-corrected chi connectivity index (χ4v) is 4.52. The summed E-state index contributed by atoms with van der Waals surface area (Å²) in [6.45, 7) is 7.24. The van der Waals surface area contributed by atoms with Crippen LogP contribution in [0.25, 0.3) is 0 Å². The first-order chi connectivity index (χ1) is 10.8. The van der Waals surface area contributed by atoms with Crippen molar-refractivity contribution >= 4 is 16.5 Å². The fourth-order valence-electron chi connectivity index (χ4n) is 3.84. The lowest BCUT2D eigenvalue weighted by molar-refractivity contribution is 0.0638. The molecule has 2 saturated heterocycles. The zero-order valence-electron chi connectivity index (χ0n) is 13.5. The average molecular weight is 324 g/mol. The highest BCUT2D eigenvalue weighted by Gasteiger charge is 2.34. The van der Waals surface area contributed by atoms with Crippen LogP contribution >= 0.6 is 11.3 Å². The number of thiazole rings is 1. The molecule has 5 nitrogen and oxygen atoms in total. The topological polar surface area (TPSA) is 42.8 Å². The maximum absolute atomic E-state index is 9.23. The van der Waals surface area contributed by atoms with E-state index in [9.17, 15) is 5.11 Å². The monoisotopic (exact) mass is 324 g/mol. The summed E-state index contributed by atoms with van der Waals surface area (Å²) < 4.78 is 0. The number of likely N-dealkylation sites (N-methyl/N-ethyl adjacent to an activating group) is 1. The van der Waals surface area contributed by atoms with Gasteiger partial charge in [-0.2, -0.15) is 0 Å². The summed E-state index contributed by atoms with van der Waals surface area (Å²) in [4.78, 5) is 12.0. The lowest BCUT2D eigenvalue weighted by Gasteiger charge is -2.46. The number of piperidine rings is 1. The van der Waals surface area contributed by atoms with E-state index >= 15 is 0 Å². The van der Waals surface area contributed by atoms with Crippen LogP contribution in [-0.4, -0.2) is 78.9 Å². The van der Waals surface area contributed by atoms with Gasteiger partial charge in [-0.1, -0.05) is 0 Å². The van der Waals surface area contributed by atoms with E-state index in [1.54, 1.807) is 11.3 Å². The van der Waals surface area contributed by atoms with Crippen molar-refractivity contribution in [1.29, 1.82) is 0 Å². The van der Waals surface area contributed by atoms with Gasteiger partial charge in [0.25, 0.3) is 0 Å². The van der Waals surface area contributed by atoms with Crippen LogP contribution < -0.4 is 4.90 Å². The molecule has 0 saturated carbocycles. The molecular formula is C16H28N4OS. The van der Waals surface area contributed by atoms with Gasteiger partial charge in [0.1, 0.15) is 0 Å². The van der Waals surface area contributed by atoms with Gasteiger partial charge < -0.3 is 14.9 Å². The maximum Gasteiger partial charge on any atom is 0.185 e. The molecule has 3 heterocycles. The van der Waals surface area contributed by atoms with Gasteiger partial charge in [0.05, 0.1) is 0 Å². The Morgan fingerprint density at radius 1 is 1.27 bits per heavy atom. The minimum Gasteiger partial charge on any atom is -0.396 e. The molecule has 2 fully saturated rings. The number of anilines is 1. The van der Waals surface area contributed by atoms with Crippen molar-refractivity contribution in [3.8, 4) is 0 Å². The van der Waals surface area contributed by atoms with Gasteiger partial charge in [-0.05, 0) is 32.2 Å². The third-order valence-corrected chi connectivity index (χ3v) is 5.96. The number of nitrogens with zero attached hydrogens (tertiary/aromatic N) is 4. The molecule has 22 heavy (non-hydrogen) atoms. The second-order valence-electron chi connectivity index (χ2n) is 6.58. The molecule has 1 aromatic heterocycles. The van der Waals surface area contributed by atoms with E-state index in [1.807, 2.05) is 6.20 Å². The summed E-state index contributed by atoms with van der Waals surface area (Å²) in [6, 6.07) is 0.677. The molecule has 1 aromatic rings. The standard InChI is InChI=1S/C16H28N4OS/c1-18-7-9-19(10-8-18)15-4-6-20(16-17-5-12-22-16)13-14(15)3-2-11-21/h5,12,14-15,21H,2-4,6-11,13H2,1H3/t14-,15+/m0/s1. The van der Waals surface area contributed by atoms with E-state index in [0.717, 1.165) is 31.1 Å². The highest BCUT2D eigenvalue weighted by atomic mass is 32.1. The summed E-state index contributed by atoms with van der Waals surface area (Å²) in [6.07, 6.45) is 5.16. The van der Waals surface area contributed by atoms with Crippen molar-refractivity contribution in [2.75, 3.05) is 57.8 Å². The van der Waals surface area contributed by atoms with Gasteiger partial charge in [-0.3, -0.25) is 4.90 Å². The molecule has 124 valence electrons. The van der Waals surface area contributed by atoms with Crippen LogP contribution in [-0.2, 0) is 0 Å². The van der Waals surface area contributed by atoms with Crippen LogP contribution in [0.1, 0.15) is 19.3 Å². The van der Waals surface area contributed by atoms with E-state index in [-0.39, 0.29) is 0 Å². The van der Waals surface area contributed by atoms with Crippen molar-refractivity contribution in [2.45, 2.75) is 25.3 Å². The Hall–Kier alpha value is -0.690. The molecule has 0 bridgehead atoms. The summed E-state index contributed by atoms with van der Waals surface area (Å²) in [5, 5.41) is 12.5. The Morgan fingerprint density at radius 3 is 2.77 bits per heavy atom. The molecule has 0 amide bonds. The van der Waals surface area contributed by atoms with Gasteiger partial charge in [0.2, 0.25) is 0 Å². The van der Waals surface area contributed by atoms with Crippen molar-refractivity contribution < 1.29 is 5.11 Å². The number of piperazine rings is 1. The number of hydrogen-bond donors (Lipinski definition) is 1. The Labute approximate surface area is 137 Å². The van der Waals surface area contributed by atoms with Crippen LogP contribution in [0, 0.1) is 5.92 Å². The van der Waals surface area contributed by atoms with Crippen molar-refractivity contribution in [1.82, 2.24) is 14.8 Å². The molecule has 2 aliphatic rings. The first-order valence-electron chi connectivity index (χ1n) is 8.46. The Bertz CT molecular complexity index is 433. The molecule has 0 aromatic carbocycles. The largest absolute Gasteiger partial charge is 0.396 e. The highest BCUT2D eigenvalue weighted by Crippen LogP contribution is 2.30. The lowest BCUT2D eigenvalue weighted by Crippen LogP contribution is -2.56. The Kier molecular flexibility index (Phi) is 5.68. The third-order valence-electron chi connectivity index (χ3n) is 5.12. The number of aliphatic hydroxyl groups is 1. The van der Waals surface area contributed by atoms with Gasteiger partial charge in [0.15, 0.2) is 5.13 Å². The van der Waals surface area contributed by atoms with Gasteiger partial charge >= 0.3 is 0 Å². The first-order valence-corrected chi connectivity index (χ1v) is 9.34. The molecule has 0 radical (unpaired) electrons. The predicted molar refractivity (Wildman–Crippen MR) is 91.6 cm³/mol. The molecule has 3 rings (SSSR count). The molecule has 2 atom stereocenters. The highest BCUT2D eigenvalue weighted by molar-refractivity contribution is 7.13. The van der Waals surface area contributed by atoms with E-state index in [2.05, 4.69) is 32.1 Å². The fraction of sp³-hybridized carbons (Fsp3) is 0.812. The smallest absolute Gasteiger partial charge is 0.185 e. The lowest BCUT2D eigenvalue weighted by atomic mass is 9.87. The molecule has 0 spiro atoms. The molecule has 0 unspecified atom stereocenters. The van der Waals surface area contributed by atoms with E-state index < -0.39 is 0 Å². The molecule has 6 heteroatoms. The summed E-state index contributed by atoms with van der Waals surface area (Å²) in [7, 11) is 2.21. The predicted octanol–water partition coefficient (Wildman–Crippen LogP) is 1.36. The molecule has 2 aliphatic heterocycles. The van der Waals surface area contributed by atoms with E-state index in [4.69, 9.17) is 0 Å². The van der Waals surface area contributed by atoms with E-state index in [1.165, 1.54) is 32.6 Å². The van der Waals surface area contributed by atoms with Gasteiger partial charge in [0, 0.05) is 63.5 Å². The van der Waals surface area contributed by atoms with Crippen LogP contribution in [0.3, 0.4) is 0 Å². The van der Waals surface area contributed by atoms with Gasteiger partial charge in [-0.15, -0.1) is 11.3 Å². The summed E-state index contributed by atoms with van der Waals surface area (Å²) in [5.41, 5.74) is 0. The molecule has 1 N–H and O–H groups in total. The average Bonchev–Trinajstić information content (AvgIpc) is 3.08. The van der Waals surface area contributed by atoms with Crippen molar-refractivity contribution in [3.63, 3.8) is 0 Å². The minimum absolute atomic E-state index is 0.309. The Morgan fingerprint density at radius 2 is 2.09 bits per heavy atom. The third kappa shape index (κ3) is 3.79. The normalized spacial score (nSPS) is 28.2. The van der Waals surface area contributed by atoms with Crippen LogP contribution in [0.4, 0.5) is 5.13 Å². The number of aliphatic hydroxyl groups excluding tert-OH is 1. The SMILES string of the molecule is CN1CCN([C@@H]2CCN(c3nccs3)C[C@@H]2CCCO)CC1. The molecular weight excluding hydrogens is 296 g/mol. The molecule has 0 aliphatic carbocycles. The van der Waals surface area contributed by atoms with Crippen LogP contribution in [0.2, 0.25) is 0 Å². The summed E-state index contributed by atoms with van der Waals surface area (Å²) >= 11 is 1.74.